The molecule has 0 aromatic carbocycles. The topological polar surface area (TPSA) is 43.7 Å². The van der Waals surface area contributed by atoms with Gasteiger partial charge in [-0.05, 0) is 13.0 Å². The molecule has 2 bridgehead atoms. The van der Waals surface area contributed by atoms with E-state index in [9.17, 15) is 5.11 Å². The fourth-order valence-electron chi connectivity index (χ4n) is 2.11. The van der Waals surface area contributed by atoms with Gasteiger partial charge >= 0.3 is 0 Å². The van der Waals surface area contributed by atoms with E-state index in [1.54, 1.807) is 0 Å². The van der Waals surface area contributed by atoms with Crippen molar-refractivity contribution < 1.29 is 10.2 Å². The average molecular weight is 143 g/mol. The predicted molar refractivity (Wildman–Crippen MR) is 36.6 cm³/mol. The van der Waals surface area contributed by atoms with E-state index in [1.165, 1.54) is 0 Å². The van der Waals surface area contributed by atoms with Crippen molar-refractivity contribution in [1.29, 1.82) is 0 Å². The molecule has 2 aliphatic rings. The minimum atomic E-state index is -0.766. The van der Waals surface area contributed by atoms with Gasteiger partial charge in [-0.25, -0.2) is 0 Å². The van der Waals surface area contributed by atoms with Crippen molar-refractivity contribution in [3.63, 3.8) is 0 Å². The molecular weight excluding hydrogens is 130 g/mol. The second kappa shape index (κ2) is 1.94. The third-order valence-electron chi connectivity index (χ3n) is 2.80. The van der Waals surface area contributed by atoms with Crippen molar-refractivity contribution in [3.05, 3.63) is 0 Å². The summed E-state index contributed by atoms with van der Waals surface area (Å²) < 4.78 is 0. The number of fused-ring (bicyclic) bond motifs is 2. The molecule has 2 rings (SSSR count). The summed E-state index contributed by atoms with van der Waals surface area (Å²) in [5.41, 5.74) is -0.766. The summed E-state index contributed by atoms with van der Waals surface area (Å²) in [5, 5.41) is 18.6. The minimum absolute atomic E-state index is 0.0752. The monoisotopic (exact) mass is 143 g/mol. The van der Waals surface area contributed by atoms with Gasteiger partial charge in [-0.1, -0.05) is 0 Å². The number of aliphatic hydroxyl groups excluding tert-OH is 1. The van der Waals surface area contributed by atoms with E-state index >= 15 is 0 Å². The maximum Gasteiger partial charge on any atom is 0.104 e. The van der Waals surface area contributed by atoms with Gasteiger partial charge in [-0.15, -0.1) is 0 Å². The molecule has 0 aromatic heterocycles. The van der Waals surface area contributed by atoms with Crippen LogP contribution in [0.2, 0.25) is 0 Å². The van der Waals surface area contributed by atoms with E-state index in [-0.39, 0.29) is 6.61 Å². The lowest BCUT2D eigenvalue weighted by molar-refractivity contribution is -0.0490. The lowest BCUT2D eigenvalue weighted by Gasteiger charge is -2.29. The molecule has 10 heavy (non-hydrogen) atoms. The molecule has 2 heterocycles. The highest BCUT2D eigenvalue weighted by atomic mass is 16.3. The summed E-state index contributed by atoms with van der Waals surface area (Å²) in [5.74, 6) is 0.331. The van der Waals surface area contributed by atoms with Gasteiger partial charge in [0.2, 0.25) is 0 Å². The van der Waals surface area contributed by atoms with Gasteiger partial charge in [0.25, 0.3) is 0 Å². The third-order valence-corrected chi connectivity index (χ3v) is 2.80. The van der Waals surface area contributed by atoms with Crippen LogP contribution in [0.1, 0.15) is 6.42 Å². The Kier molecular flexibility index (Phi) is 1.27. The summed E-state index contributed by atoms with van der Waals surface area (Å²) in [6, 6.07) is 0. The van der Waals surface area contributed by atoms with Gasteiger partial charge in [0, 0.05) is 19.0 Å². The van der Waals surface area contributed by atoms with E-state index in [2.05, 4.69) is 4.90 Å². The van der Waals surface area contributed by atoms with Crippen molar-refractivity contribution in [2.75, 3.05) is 26.2 Å². The van der Waals surface area contributed by atoms with Crippen LogP contribution in [0.5, 0.6) is 0 Å². The molecule has 2 saturated heterocycles. The molecule has 1 unspecified atom stereocenters. The standard InChI is InChI=1S/C7H13NO2/c9-5-7(10)4-8-2-1-6(7)3-8/h6,9-10H,1-5H2/t6-,7+/m0/s1. The van der Waals surface area contributed by atoms with Gasteiger partial charge in [0.15, 0.2) is 0 Å². The molecule has 0 radical (unpaired) electrons. The average Bonchev–Trinajstić information content (AvgIpc) is 2.46. The van der Waals surface area contributed by atoms with Crippen molar-refractivity contribution in [2.45, 2.75) is 12.0 Å². The molecule has 58 valence electrons. The molecular formula is C7H13NO2. The Labute approximate surface area is 60.3 Å². The van der Waals surface area contributed by atoms with Crippen molar-refractivity contribution in [1.82, 2.24) is 4.90 Å². The maximum atomic E-state index is 9.70. The summed E-state index contributed by atoms with van der Waals surface area (Å²) in [4.78, 5) is 2.21. The molecule has 2 fully saturated rings. The van der Waals surface area contributed by atoms with Gasteiger partial charge in [-0.3, -0.25) is 4.90 Å². The normalized spacial score (nSPS) is 52.2. The van der Waals surface area contributed by atoms with Crippen LogP contribution in [-0.2, 0) is 0 Å². The highest BCUT2D eigenvalue weighted by Gasteiger charge is 2.48. The van der Waals surface area contributed by atoms with Crippen LogP contribution in [-0.4, -0.2) is 47.0 Å². The van der Waals surface area contributed by atoms with Crippen molar-refractivity contribution in [3.8, 4) is 0 Å². The molecule has 0 amide bonds. The van der Waals surface area contributed by atoms with Crippen LogP contribution in [0.4, 0.5) is 0 Å². The summed E-state index contributed by atoms with van der Waals surface area (Å²) in [6.07, 6.45) is 1.05. The first-order chi connectivity index (χ1) is 4.74. The molecule has 0 aromatic rings. The Balaban J connectivity index is 2.14. The number of hydrogen-bond donors (Lipinski definition) is 2. The van der Waals surface area contributed by atoms with Gasteiger partial charge < -0.3 is 10.2 Å². The summed E-state index contributed by atoms with van der Waals surface area (Å²) >= 11 is 0. The van der Waals surface area contributed by atoms with Crippen LogP contribution in [0.15, 0.2) is 0 Å². The highest BCUT2D eigenvalue weighted by molar-refractivity contribution is 5.01. The number of piperidine rings is 1. The zero-order chi connectivity index (χ0) is 7.19. The molecule has 3 heteroatoms. The Morgan fingerprint density at radius 2 is 2.40 bits per heavy atom. The first kappa shape index (κ1) is 6.58. The number of hydrogen-bond acceptors (Lipinski definition) is 3. The van der Waals surface area contributed by atoms with Crippen LogP contribution < -0.4 is 0 Å². The zero-order valence-corrected chi connectivity index (χ0v) is 5.95. The summed E-state index contributed by atoms with van der Waals surface area (Å²) in [7, 11) is 0. The van der Waals surface area contributed by atoms with Crippen molar-refractivity contribution in [2.24, 2.45) is 5.92 Å². The van der Waals surface area contributed by atoms with E-state index in [0.29, 0.717) is 12.5 Å². The van der Waals surface area contributed by atoms with Crippen LogP contribution in [0.25, 0.3) is 0 Å². The first-order valence-electron chi connectivity index (χ1n) is 3.80. The predicted octanol–water partition coefficient (Wildman–Crippen LogP) is -0.955. The van der Waals surface area contributed by atoms with Gasteiger partial charge in [0.1, 0.15) is 5.60 Å². The van der Waals surface area contributed by atoms with E-state index in [1.807, 2.05) is 0 Å². The Morgan fingerprint density at radius 1 is 1.60 bits per heavy atom. The van der Waals surface area contributed by atoms with Crippen molar-refractivity contribution >= 4 is 0 Å². The van der Waals surface area contributed by atoms with Crippen LogP contribution in [0, 0.1) is 5.92 Å². The Morgan fingerprint density at radius 3 is 2.70 bits per heavy atom. The third kappa shape index (κ3) is 0.713. The quantitative estimate of drug-likeness (QED) is 0.497. The molecule has 0 aliphatic carbocycles. The number of nitrogens with zero attached hydrogens (tertiary/aromatic N) is 1. The second-order valence-electron chi connectivity index (χ2n) is 3.48. The molecule has 2 N–H and O–H groups in total. The molecule has 0 spiro atoms. The molecule has 3 atom stereocenters. The first-order valence-corrected chi connectivity index (χ1v) is 3.80. The fourth-order valence-corrected chi connectivity index (χ4v) is 2.11. The van der Waals surface area contributed by atoms with E-state index in [4.69, 9.17) is 5.11 Å². The Bertz CT molecular complexity index is 151. The molecule has 2 aliphatic heterocycles. The SMILES string of the molecule is OC[C@]1(O)CN2CC[C@H]1C2. The Hall–Kier alpha value is -0.120. The number of aliphatic hydroxyl groups is 2. The second-order valence-corrected chi connectivity index (χ2v) is 3.48. The lowest BCUT2D eigenvalue weighted by Crippen LogP contribution is -2.45. The molecule has 3 nitrogen and oxygen atoms in total. The van der Waals surface area contributed by atoms with Crippen LogP contribution >= 0.6 is 0 Å². The number of rotatable bonds is 1. The largest absolute Gasteiger partial charge is 0.393 e. The van der Waals surface area contributed by atoms with Gasteiger partial charge in [-0.2, -0.15) is 0 Å². The molecule has 0 saturated carbocycles. The van der Waals surface area contributed by atoms with E-state index < -0.39 is 5.60 Å². The zero-order valence-electron chi connectivity index (χ0n) is 5.95. The maximum absolute atomic E-state index is 9.70. The highest BCUT2D eigenvalue weighted by Crippen LogP contribution is 2.35. The lowest BCUT2D eigenvalue weighted by atomic mass is 9.89. The minimum Gasteiger partial charge on any atom is -0.393 e. The van der Waals surface area contributed by atoms with Crippen LogP contribution in [0.3, 0.4) is 0 Å². The smallest absolute Gasteiger partial charge is 0.104 e. The van der Waals surface area contributed by atoms with E-state index in [0.717, 1.165) is 19.5 Å². The fraction of sp³-hybridized carbons (Fsp3) is 1.00. The summed E-state index contributed by atoms with van der Waals surface area (Å²) in [6.45, 7) is 2.69. The van der Waals surface area contributed by atoms with Gasteiger partial charge in [0.05, 0.1) is 6.61 Å².